The maximum absolute atomic E-state index is 11.9. The topological polar surface area (TPSA) is 38.3 Å². The predicted molar refractivity (Wildman–Crippen MR) is 89.0 cm³/mol. The summed E-state index contributed by atoms with van der Waals surface area (Å²) in [6, 6.07) is 15.7. The molecule has 110 valence electrons. The second-order valence-electron chi connectivity index (χ2n) is 4.76. The Morgan fingerprint density at radius 2 is 1.95 bits per heavy atom. The van der Waals surface area contributed by atoms with E-state index in [9.17, 15) is 4.79 Å². The molecule has 0 heterocycles. The molecular weight excluding hydrogens is 282 g/mol. The number of thioether (sulfide) groups is 1. The molecule has 2 aromatic carbocycles. The lowest BCUT2D eigenvalue weighted by molar-refractivity contribution is -0.113. The molecule has 0 aliphatic heterocycles. The summed E-state index contributed by atoms with van der Waals surface area (Å²) in [5.74, 6) is 2.13. The number of rotatable bonds is 6. The predicted octanol–water partition coefficient (Wildman–Crippen LogP) is 3.88. The third-order valence-electron chi connectivity index (χ3n) is 2.96. The normalized spacial score (nSPS) is 10.2. The van der Waals surface area contributed by atoms with Gasteiger partial charge in [-0.05, 0) is 42.3 Å². The molecule has 3 nitrogen and oxygen atoms in total. The SMILES string of the molecule is COc1ccc(CSCC(=O)Nc2cccc(C)c2)cc1. The molecule has 0 aliphatic carbocycles. The Bertz CT molecular complexity index is 596. The molecule has 1 N–H and O–H groups in total. The van der Waals surface area contributed by atoms with Gasteiger partial charge in [0.25, 0.3) is 0 Å². The smallest absolute Gasteiger partial charge is 0.234 e. The van der Waals surface area contributed by atoms with Gasteiger partial charge >= 0.3 is 0 Å². The van der Waals surface area contributed by atoms with Gasteiger partial charge < -0.3 is 10.1 Å². The highest BCUT2D eigenvalue weighted by molar-refractivity contribution is 7.99. The van der Waals surface area contributed by atoms with E-state index < -0.39 is 0 Å². The number of methoxy groups -OCH3 is 1. The molecule has 0 fully saturated rings. The van der Waals surface area contributed by atoms with Gasteiger partial charge in [-0.2, -0.15) is 0 Å². The molecule has 0 aromatic heterocycles. The van der Waals surface area contributed by atoms with Crippen molar-refractivity contribution in [1.29, 1.82) is 0 Å². The number of aryl methyl sites for hydroxylation is 1. The number of hydrogen-bond donors (Lipinski definition) is 1. The van der Waals surface area contributed by atoms with Crippen molar-refractivity contribution in [2.75, 3.05) is 18.2 Å². The Morgan fingerprint density at radius 3 is 2.62 bits per heavy atom. The first kappa shape index (κ1) is 15.4. The molecule has 0 aliphatic rings. The number of benzene rings is 2. The second kappa shape index (κ2) is 7.74. The quantitative estimate of drug-likeness (QED) is 0.880. The van der Waals surface area contributed by atoms with Crippen LogP contribution in [0.2, 0.25) is 0 Å². The Morgan fingerprint density at radius 1 is 1.19 bits per heavy atom. The zero-order chi connectivity index (χ0) is 15.1. The number of anilines is 1. The number of carbonyl (C=O) groups excluding carboxylic acids is 1. The highest BCUT2D eigenvalue weighted by Crippen LogP contribution is 2.17. The van der Waals surface area contributed by atoms with Crippen LogP contribution < -0.4 is 10.1 Å². The van der Waals surface area contributed by atoms with Gasteiger partial charge in [-0.25, -0.2) is 0 Å². The highest BCUT2D eigenvalue weighted by atomic mass is 32.2. The van der Waals surface area contributed by atoms with Crippen molar-refractivity contribution in [2.45, 2.75) is 12.7 Å². The third-order valence-corrected chi connectivity index (χ3v) is 3.97. The minimum Gasteiger partial charge on any atom is -0.497 e. The lowest BCUT2D eigenvalue weighted by atomic mass is 10.2. The highest BCUT2D eigenvalue weighted by Gasteiger charge is 2.03. The van der Waals surface area contributed by atoms with Crippen LogP contribution in [0.15, 0.2) is 48.5 Å². The van der Waals surface area contributed by atoms with Crippen molar-refractivity contribution in [1.82, 2.24) is 0 Å². The van der Waals surface area contributed by atoms with Gasteiger partial charge in [-0.1, -0.05) is 24.3 Å². The van der Waals surface area contributed by atoms with Crippen LogP contribution in [0.1, 0.15) is 11.1 Å². The first-order valence-electron chi connectivity index (χ1n) is 6.74. The Hall–Kier alpha value is -1.94. The molecule has 2 aromatic rings. The average Bonchev–Trinajstić information content (AvgIpc) is 2.48. The number of ether oxygens (including phenoxy) is 1. The maximum Gasteiger partial charge on any atom is 0.234 e. The lowest BCUT2D eigenvalue weighted by Crippen LogP contribution is -2.14. The van der Waals surface area contributed by atoms with Crippen LogP contribution in [-0.4, -0.2) is 18.8 Å². The van der Waals surface area contributed by atoms with Crippen LogP contribution >= 0.6 is 11.8 Å². The summed E-state index contributed by atoms with van der Waals surface area (Å²) in [5, 5.41) is 2.91. The summed E-state index contributed by atoms with van der Waals surface area (Å²) in [6.07, 6.45) is 0. The standard InChI is InChI=1S/C17H19NO2S/c1-13-4-3-5-15(10-13)18-17(19)12-21-11-14-6-8-16(20-2)9-7-14/h3-10H,11-12H2,1-2H3,(H,18,19). The van der Waals surface area contributed by atoms with E-state index in [1.165, 1.54) is 5.56 Å². The average molecular weight is 301 g/mol. The zero-order valence-corrected chi connectivity index (χ0v) is 13.1. The molecule has 0 atom stereocenters. The van der Waals surface area contributed by atoms with E-state index in [1.54, 1.807) is 18.9 Å². The van der Waals surface area contributed by atoms with Crippen LogP contribution in [-0.2, 0) is 10.5 Å². The molecule has 4 heteroatoms. The van der Waals surface area contributed by atoms with Gasteiger partial charge in [0.05, 0.1) is 12.9 Å². The molecule has 0 saturated heterocycles. The summed E-state index contributed by atoms with van der Waals surface area (Å²) >= 11 is 1.60. The molecule has 21 heavy (non-hydrogen) atoms. The van der Waals surface area contributed by atoms with E-state index in [2.05, 4.69) is 5.32 Å². The van der Waals surface area contributed by atoms with E-state index >= 15 is 0 Å². The first-order chi connectivity index (χ1) is 10.2. The van der Waals surface area contributed by atoms with Gasteiger partial charge in [0.2, 0.25) is 5.91 Å². The number of carbonyl (C=O) groups is 1. The van der Waals surface area contributed by atoms with Gasteiger partial charge in [0.15, 0.2) is 0 Å². The van der Waals surface area contributed by atoms with E-state index in [0.29, 0.717) is 5.75 Å². The van der Waals surface area contributed by atoms with E-state index in [4.69, 9.17) is 4.74 Å². The monoisotopic (exact) mass is 301 g/mol. The van der Waals surface area contributed by atoms with Gasteiger partial charge in [-0.15, -0.1) is 11.8 Å². The number of hydrogen-bond acceptors (Lipinski definition) is 3. The minimum atomic E-state index is 0.0270. The van der Waals surface area contributed by atoms with Crippen molar-refractivity contribution in [3.63, 3.8) is 0 Å². The number of nitrogens with one attached hydrogen (secondary N) is 1. The van der Waals surface area contributed by atoms with Crippen LogP contribution in [0.4, 0.5) is 5.69 Å². The lowest BCUT2D eigenvalue weighted by Gasteiger charge is -2.06. The summed E-state index contributed by atoms with van der Waals surface area (Å²) in [6.45, 7) is 2.01. The summed E-state index contributed by atoms with van der Waals surface area (Å²) in [7, 11) is 1.65. The molecule has 0 unspecified atom stereocenters. The minimum absolute atomic E-state index is 0.0270. The fraction of sp³-hybridized carbons (Fsp3) is 0.235. The molecule has 2 rings (SSSR count). The van der Waals surface area contributed by atoms with Crippen LogP contribution in [0.3, 0.4) is 0 Å². The summed E-state index contributed by atoms with van der Waals surface area (Å²) in [5.41, 5.74) is 3.17. The third kappa shape index (κ3) is 5.16. The fourth-order valence-corrected chi connectivity index (χ4v) is 2.69. The molecule has 1 amide bonds. The Balaban J connectivity index is 1.76. The van der Waals surface area contributed by atoms with Gasteiger partial charge in [0.1, 0.15) is 5.75 Å². The van der Waals surface area contributed by atoms with E-state index in [1.807, 2.05) is 55.5 Å². The Kier molecular flexibility index (Phi) is 5.69. The van der Waals surface area contributed by atoms with Crippen molar-refractivity contribution in [3.05, 3.63) is 59.7 Å². The Labute approximate surface area is 129 Å². The second-order valence-corrected chi connectivity index (χ2v) is 5.74. The number of amides is 1. The summed E-state index contributed by atoms with van der Waals surface area (Å²) in [4.78, 5) is 11.9. The van der Waals surface area contributed by atoms with E-state index in [-0.39, 0.29) is 5.91 Å². The summed E-state index contributed by atoms with van der Waals surface area (Å²) < 4.78 is 5.12. The molecule has 0 bridgehead atoms. The zero-order valence-electron chi connectivity index (χ0n) is 12.3. The van der Waals surface area contributed by atoms with Crippen LogP contribution in [0.5, 0.6) is 5.75 Å². The van der Waals surface area contributed by atoms with Gasteiger partial charge in [0, 0.05) is 11.4 Å². The van der Waals surface area contributed by atoms with Crippen LogP contribution in [0, 0.1) is 6.92 Å². The van der Waals surface area contributed by atoms with Crippen molar-refractivity contribution >= 4 is 23.4 Å². The van der Waals surface area contributed by atoms with Crippen molar-refractivity contribution in [2.24, 2.45) is 0 Å². The first-order valence-corrected chi connectivity index (χ1v) is 7.90. The van der Waals surface area contributed by atoms with Crippen molar-refractivity contribution < 1.29 is 9.53 Å². The van der Waals surface area contributed by atoms with E-state index in [0.717, 1.165) is 22.8 Å². The van der Waals surface area contributed by atoms with Crippen molar-refractivity contribution in [3.8, 4) is 5.75 Å². The van der Waals surface area contributed by atoms with Gasteiger partial charge in [-0.3, -0.25) is 4.79 Å². The molecule has 0 saturated carbocycles. The molecule has 0 spiro atoms. The molecular formula is C17H19NO2S. The largest absolute Gasteiger partial charge is 0.497 e. The van der Waals surface area contributed by atoms with Crippen LogP contribution in [0.25, 0.3) is 0 Å². The maximum atomic E-state index is 11.9. The fourth-order valence-electron chi connectivity index (χ4n) is 1.90. The molecule has 0 radical (unpaired) electrons.